The van der Waals surface area contributed by atoms with E-state index >= 15 is 0 Å². The molecule has 0 unspecified atom stereocenters. The molecule has 265 valence electrons. The van der Waals surface area contributed by atoms with Gasteiger partial charge in [-0.3, -0.25) is 0 Å². The van der Waals surface area contributed by atoms with E-state index in [-0.39, 0.29) is 25.5 Å². The van der Waals surface area contributed by atoms with Crippen molar-refractivity contribution in [2.45, 2.75) is 26.2 Å². The summed E-state index contributed by atoms with van der Waals surface area (Å²) in [4.78, 5) is 9.13. The average Bonchev–Trinajstić information content (AvgIpc) is 3.55. The Labute approximate surface area is 331 Å². The summed E-state index contributed by atoms with van der Waals surface area (Å²) in [6, 6.07) is 65.6. The fourth-order valence-electron chi connectivity index (χ4n) is 6.73. The summed E-state index contributed by atoms with van der Waals surface area (Å²) in [5.41, 5.74) is 13.6. The standard InChI is InChI=1S/C39H31N2.C11H8N.Ir/c1-39(2,3)32-21-18-29(19-22-32)28-14-16-30(17-15-28)36-25-38-35(26-40-36)34-23-20-31(27-10-6-4-7-11-27)24-37(34)41(38)33-12-8-5-9-13-33;1-2-6-10(7-3-1)11-8-4-5-9-12-11;/h4-16,18-26H,1-3H3;1-6,8-9H;/q2*-1;. The molecule has 6 aromatic carbocycles. The van der Waals surface area contributed by atoms with Gasteiger partial charge in [-0.1, -0.05) is 135 Å². The molecular formula is C50H39IrN3-2. The summed E-state index contributed by atoms with van der Waals surface area (Å²) in [5.74, 6) is 0. The summed E-state index contributed by atoms with van der Waals surface area (Å²) in [7, 11) is 0. The number of para-hydroxylation sites is 1. The monoisotopic (exact) mass is 874 g/mol. The van der Waals surface area contributed by atoms with Crippen LogP contribution in [0.4, 0.5) is 0 Å². The average molecular weight is 874 g/mol. The van der Waals surface area contributed by atoms with E-state index in [1.54, 1.807) is 6.20 Å². The number of hydrogen-bond acceptors (Lipinski definition) is 2. The summed E-state index contributed by atoms with van der Waals surface area (Å²) < 4.78 is 2.35. The number of nitrogens with zero attached hydrogens (tertiary/aromatic N) is 3. The van der Waals surface area contributed by atoms with Crippen LogP contribution in [0.3, 0.4) is 0 Å². The summed E-state index contributed by atoms with van der Waals surface area (Å²) in [5, 5.41) is 2.34. The zero-order chi connectivity index (χ0) is 36.2. The Morgan fingerprint density at radius 2 is 1.15 bits per heavy atom. The summed E-state index contributed by atoms with van der Waals surface area (Å²) >= 11 is 0. The predicted molar refractivity (Wildman–Crippen MR) is 221 cm³/mol. The first kappa shape index (κ1) is 36.4. The van der Waals surface area contributed by atoms with Crippen LogP contribution in [-0.2, 0) is 25.5 Å². The molecule has 0 N–H and O–H groups in total. The topological polar surface area (TPSA) is 30.7 Å². The third kappa shape index (κ3) is 7.72. The van der Waals surface area contributed by atoms with Gasteiger partial charge in [-0.05, 0) is 57.8 Å². The molecule has 54 heavy (non-hydrogen) atoms. The van der Waals surface area contributed by atoms with Crippen LogP contribution in [0.25, 0.3) is 72.3 Å². The zero-order valence-corrected chi connectivity index (χ0v) is 32.9. The SMILES string of the molecule is CC(C)(C)c1ccc(-c2c[c-]c(-c3cc4c(cn3)c3ccc(-c5ccccc5)cc3n4-c3ccccc3)cc2)cc1.[Ir].[c-]1ccccc1-c1ccccn1. The normalized spacial score (nSPS) is 11.1. The molecule has 0 saturated heterocycles. The molecule has 4 heteroatoms. The molecule has 0 amide bonds. The maximum absolute atomic E-state index is 4.91. The second kappa shape index (κ2) is 16.0. The van der Waals surface area contributed by atoms with E-state index in [0.29, 0.717) is 0 Å². The molecule has 9 aromatic rings. The summed E-state index contributed by atoms with van der Waals surface area (Å²) in [6.07, 6.45) is 3.80. The van der Waals surface area contributed by atoms with Crippen molar-refractivity contribution in [1.29, 1.82) is 0 Å². The maximum atomic E-state index is 4.91. The third-order valence-electron chi connectivity index (χ3n) is 9.60. The van der Waals surface area contributed by atoms with Crippen LogP contribution in [0, 0.1) is 12.1 Å². The molecular weight excluding hydrogens is 835 g/mol. The molecule has 3 aromatic heterocycles. The minimum Gasteiger partial charge on any atom is -0.310 e. The second-order valence-electron chi connectivity index (χ2n) is 14.2. The van der Waals surface area contributed by atoms with Crippen molar-refractivity contribution in [3.05, 3.63) is 200 Å². The number of fused-ring (bicyclic) bond motifs is 3. The zero-order valence-electron chi connectivity index (χ0n) is 30.5. The van der Waals surface area contributed by atoms with Gasteiger partial charge in [-0.2, -0.15) is 0 Å². The van der Waals surface area contributed by atoms with Gasteiger partial charge in [-0.15, -0.1) is 65.7 Å². The quantitative estimate of drug-likeness (QED) is 0.161. The van der Waals surface area contributed by atoms with Gasteiger partial charge in [0, 0.05) is 54.5 Å². The number of aromatic nitrogens is 3. The van der Waals surface area contributed by atoms with Crippen LogP contribution < -0.4 is 0 Å². The van der Waals surface area contributed by atoms with Crippen molar-refractivity contribution in [2.24, 2.45) is 0 Å². The van der Waals surface area contributed by atoms with E-state index in [9.17, 15) is 0 Å². The molecule has 0 bridgehead atoms. The number of rotatable bonds is 5. The maximum Gasteiger partial charge on any atom is 0.0547 e. The first-order chi connectivity index (χ1) is 25.9. The van der Waals surface area contributed by atoms with E-state index in [2.05, 4.69) is 170 Å². The Balaban J connectivity index is 0.000000294. The minimum absolute atomic E-state index is 0. The molecule has 9 rings (SSSR count). The molecule has 0 aliphatic rings. The Morgan fingerprint density at radius 1 is 0.500 bits per heavy atom. The Bertz CT molecular complexity index is 2550. The van der Waals surface area contributed by atoms with Gasteiger partial charge in [0.1, 0.15) is 0 Å². The molecule has 0 atom stereocenters. The van der Waals surface area contributed by atoms with E-state index in [0.717, 1.165) is 44.7 Å². The molecule has 1 radical (unpaired) electrons. The van der Waals surface area contributed by atoms with Crippen LogP contribution in [0.15, 0.2) is 182 Å². The van der Waals surface area contributed by atoms with Crippen LogP contribution in [-0.4, -0.2) is 14.5 Å². The van der Waals surface area contributed by atoms with Gasteiger partial charge in [-0.25, -0.2) is 0 Å². The molecule has 3 nitrogen and oxygen atoms in total. The molecule has 0 aliphatic heterocycles. The fraction of sp³-hybridized carbons (Fsp3) is 0.0800. The van der Waals surface area contributed by atoms with Gasteiger partial charge in [0.15, 0.2) is 0 Å². The van der Waals surface area contributed by atoms with E-state index in [1.165, 1.54) is 33.2 Å². The molecule has 0 aliphatic carbocycles. The first-order valence-corrected chi connectivity index (χ1v) is 18.0. The van der Waals surface area contributed by atoms with E-state index < -0.39 is 0 Å². The largest absolute Gasteiger partial charge is 0.310 e. The third-order valence-corrected chi connectivity index (χ3v) is 9.60. The van der Waals surface area contributed by atoms with Crippen LogP contribution >= 0.6 is 0 Å². The van der Waals surface area contributed by atoms with Crippen molar-refractivity contribution in [2.75, 3.05) is 0 Å². The summed E-state index contributed by atoms with van der Waals surface area (Å²) in [6.45, 7) is 6.73. The van der Waals surface area contributed by atoms with Gasteiger partial charge in [0.25, 0.3) is 0 Å². The van der Waals surface area contributed by atoms with E-state index in [1.807, 2.05) is 48.7 Å². The van der Waals surface area contributed by atoms with Crippen molar-refractivity contribution in [1.82, 2.24) is 14.5 Å². The van der Waals surface area contributed by atoms with Crippen molar-refractivity contribution in [3.63, 3.8) is 0 Å². The van der Waals surface area contributed by atoms with Gasteiger partial charge >= 0.3 is 0 Å². The van der Waals surface area contributed by atoms with Crippen LogP contribution in [0.2, 0.25) is 0 Å². The minimum atomic E-state index is 0. The fourth-order valence-corrected chi connectivity index (χ4v) is 6.73. The van der Waals surface area contributed by atoms with Crippen molar-refractivity contribution >= 4 is 21.8 Å². The number of benzene rings is 6. The van der Waals surface area contributed by atoms with Crippen molar-refractivity contribution in [3.8, 4) is 50.5 Å². The van der Waals surface area contributed by atoms with E-state index in [4.69, 9.17) is 4.98 Å². The number of hydrogen-bond donors (Lipinski definition) is 0. The van der Waals surface area contributed by atoms with Crippen molar-refractivity contribution < 1.29 is 20.1 Å². The van der Waals surface area contributed by atoms with Gasteiger partial charge in [0.2, 0.25) is 0 Å². The molecule has 0 saturated carbocycles. The van der Waals surface area contributed by atoms with Crippen LogP contribution in [0.5, 0.6) is 0 Å². The van der Waals surface area contributed by atoms with Gasteiger partial charge < -0.3 is 14.5 Å². The molecule has 3 heterocycles. The molecule has 0 spiro atoms. The second-order valence-corrected chi connectivity index (χ2v) is 14.2. The first-order valence-electron chi connectivity index (χ1n) is 18.0. The Morgan fingerprint density at radius 3 is 1.81 bits per heavy atom. The Kier molecular flexibility index (Phi) is 10.8. The molecule has 0 fully saturated rings. The van der Waals surface area contributed by atoms with Gasteiger partial charge in [0.05, 0.1) is 5.52 Å². The number of pyridine rings is 2. The Hall–Kier alpha value is -5.93. The van der Waals surface area contributed by atoms with Crippen LogP contribution in [0.1, 0.15) is 26.3 Å². The smallest absolute Gasteiger partial charge is 0.0547 e. The predicted octanol–water partition coefficient (Wildman–Crippen LogP) is 12.8.